The lowest BCUT2D eigenvalue weighted by Gasteiger charge is -2.45. The molecular weight excluding hydrogens is 488 g/mol. The van der Waals surface area contributed by atoms with Gasteiger partial charge in [-0.2, -0.15) is 0 Å². The molecule has 2 aliphatic heterocycles. The number of carbonyl (C=O) groups is 2. The van der Waals surface area contributed by atoms with Crippen molar-refractivity contribution in [1.29, 1.82) is 0 Å². The highest BCUT2D eigenvalue weighted by atomic mass is 16.6. The van der Waals surface area contributed by atoms with Crippen LogP contribution in [0, 0.1) is 20.9 Å². The summed E-state index contributed by atoms with van der Waals surface area (Å²) in [6.45, 7) is 14.5. The third-order valence-electron chi connectivity index (χ3n) is 7.06. The molecule has 2 aromatic carbocycles. The van der Waals surface area contributed by atoms with Gasteiger partial charge in [-0.1, -0.05) is 0 Å². The number of fused-ring (bicyclic) bond motifs is 2. The molecule has 9 heteroatoms. The maximum atomic E-state index is 12.8. The summed E-state index contributed by atoms with van der Waals surface area (Å²) in [7, 11) is 1.88. The average molecular weight is 523 g/mol. The van der Waals surface area contributed by atoms with Gasteiger partial charge in [0.15, 0.2) is 11.5 Å². The van der Waals surface area contributed by atoms with Gasteiger partial charge in [0.05, 0.1) is 27.2 Å². The Kier molecular flexibility index (Phi) is 6.13. The number of benzene rings is 2. The first kappa shape index (κ1) is 27.2. The van der Waals surface area contributed by atoms with Crippen LogP contribution in [0.5, 0.6) is 17.2 Å². The Morgan fingerprint density at radius 2 is 1.58 bits per heavy atom. The third kappa shape index (κ3) is 4.29. The second kappa shape index (κ2) is 8.58. The van der Waals surface area contributed by atoms with Gasteiger partial charge in [0.1, 0.15) is 5.75 Å². The molecule has 0 fully saturated rings. The predicted molar refractivity (Wildman–Crippen MR) is 144 cm³/mol. The van der Waals surface area contributed by atoms with Gasteiger partial charge in [-0.15, -0.1) is 0 Å². The van der Waals surface area contributed by atoms with Crippen LogP contribution in [0.4, 0.5) is 11.4 Å². The lowest BCUT2D eigenvalue weighted by atomic mass is 9.76. The van der Waals surface area contributed by atoms with Crippen LogP contribution in [-0.4, -0.2) is 29.6 Å². The molecule has 1 spiro atoms. The quantitative estimate of drug-likeness (QED) is 0.208. The highest BCUT2D eigenvalue weighted by Crippen LogP contribution is 2.56. The molecule has 1 atom stereocenters. The summed E-state index contributed by atoms with van der Waals surface area (Å²) in [6, 6.07) is 8.07. The molecule has 38 heavy (non-hydrogen) atoms. The van der Waals surface area contributed by atoms with E-state index in [-0.39, 0.29) is 23.2 Å². The molecule has 0 unspecified atom stereocenters. The van der Waals surface area contributed by atoms with Crippen LogP contribution < -0.4 is 19.1 Å². The van der Waals surface area contributed by atoms with Crippen molar-refractivity contribution in [1.82, 2.24) is 0 Å². The largest absolute Gasteiger partial charge is 0.459 e. The fourth-order valence-corrected chi connectivity index (χ4v) is 4.61. The van der Waals surface area contributed by atoms with E-state index in [2.05, 4.69) is 0 Å². The lowest BCUT2D eigenvalue weighted by Crippen LogP contribution is -2.58. The maximum absolute atomic E-state index is 12.8. The first-order chi connectivity index (χ1) is 17.4. The van der Waals surface area contributed by atoms with Gasteiger partial charge in [0.2, 0.25) is 5.72 Å². The minimum Gasteiger partial charge on any atom is -0.459 e. The van der Waals surface area contributed by atoms with Crippen LogP contribution in [0.15, 0.2) is 36.4 Å². The number of hydrogen-bond acceptors (Lipinski definition) is 8. The second-order valence-corrected chi connectivity index (χ2v) is 12.4. The van der Waals surface area contributed by atoms with Crippen LogP contribution in [0.3, 0.4) is 0 Å². The molecule has 0 radical (unpaired) electrons. The minimum absolute atomic E-state index is 0.0159. The molecule has 0 saturated heterocycles. The zero-order chi connectivity index (χ0) is 28.4. The minimum atomic E-state index is -1.06. The number of hydrogen-bond donors (Lipinski definition) is 0. The predicted octanol–water partition coefficient (Wildman–Crippen LogP) is 6.03. The molecule has 0 aliphatic carbocycles. The summed E-state index contributed by atoms with van der Waals surface area (Å²) in [5.41, 5.74) is -1.25. The number of nitro benzene ring substituents is 1. The molecule has 4 rings (SSSR count). The Bertz CT molecular complexity index is 1380. The Hall–Kier alpha value is -3.88. The Balaban J connectivity index is 1.79. The van der Waals surface area contributed by atoms with Crippen molar-refractivity contribution < 1.29 is 28.7 Å². The van der Waals surface area contributed by atoms with Crippen LogP contribution in [0.1, 0.15) is 66.5 Å². The van der Waals surface area contributed by atoms with Crippen LogP contribution in [-0.2, 0) is 15.0 Å². The van der Waals surface area contributed by atoms with Gasteiger partial charge >= 0.3 is 11.9 Å². The van der Waals surface area contributed by atoms with Crippen molar-refractivity contribution in [2.75, 3.05) is 11.9 Å². The standard InChI is InChI=1S/C29H34N2O7/c1-26(2,3)24(32)36-19-10-11-21-20(16-19)28(7,8)29(30(21)9)13-12-17-14-18(31(34)35)15-22(23(17)38-29)37-25(33)27(4,5)6/h10-16H,1-9H3/t29-/m0/s1. The van der Waals surface area contributed by atoms with E-state index in [1.807, 2.05) is 44.0 Å². The molecular formula is C29H34N2O7. The van der Waals surface area contributed by atoms with E-state index < -0.39 is 32.9 Å². The lowest BCUT2D eigenvalue weighted by molar-refractivity contribution is -0.385. The second-order valence-electron chi connectivity index (χ2n) is 12.4. The molecule has 2 heterocycles. The van der Waals surface area contributed by atoms with Crippen molar-refractivity contribution in [2.45, 2.75) is 66.5 Å². The number of likely N-dealkylation sites (N-methyl/N-ethyl adjacent to an activating group) is 1. The van der Waals surface area contributed by atoms with Crippen LogP contribution in [0.25, 0.3) is 6.08 Å². The van der Waals surface area contributed by atoms with Gasteiger partial charge in [0, 0.05) is 24.4 Å². The number of ether oxygens (including phenoxy) is 3. The van der Waals surface area contributed by atoms with Gasteiger partial charge in [-0.05, 0) is 91.3 Å². The first-order valence-corrected chi connectivity index (χ1v) is 12.4. The number of nitro groups is 1. The normalized spacial score (nSPS) is 19.4. The molecule has 0 bridgehead atoms. The van der Waals surface area contributed by atoms with Gasteiger partial charge in [0.25, 0.3) is 5.69 Å². The summed E-state index contributed by atoms with van der Waals surface area (Å²) < 4.78 is 18.0. The maximum Gasteiger partial charge on any atom is 0.316 e. The number of non-ortho nitro benzene ring substituents is 1. The van der Waals surface area contributed by atoms with Gasteiger partial charge in [-0.25, -0.2) is 0 Å². The molecule has 2 aromatic rings. The van der Waals surface area contributed by atoms with E-state index in [1.54, 1.807) is 53.7 Å². The highest BCUT2D eigenvalue weighted by Gasteiger charge is 2.58. The monoisotopic (exact) mass is 522 g/mol. The zero-order valence-corrected chi connectivity index (χ0v) is 23.3. The summed E-state index contributed by atoms with van der Waals surface area (Å²) in [4.78, 5) is 38.3. The number of carbonyl (C=O) groups excluding carboxylic acids is 2. The van der Waals surface area contributed by atoms with Crippen molar-refractivity contribution in [3.05, 3.63) is 57.6 Å². The van der Waals surface area contributed by atoms with E-state index in [0.29, 0.717) is 11.3 Å². The molecule has 0 N–H and O–H groups in total. The molecule has 2 aliphatic rings. The summed E-state index contributed by atoms with van der Waals surface area (Å²) in [5, 5.41) is 11.6. The van der Waals surface area contributed by atoms with E-state index in [9.17, 15) is 19.7 Å². The fourth-order valence-electron chi connectivity index (χ4n) is 4.61. The Labute approximate surface area is 222 Å². The topological polar surface area (TPSA) is 108 Å². The molecule has 202 valence electrons. The fraction of sp³-hybridized carbons (Fsp3) is 0.448. The van der Waals surface area contributed by atoms with E-state index in [0.717, 1.165) is 11.3 Å². The van der Waals surface area contributed by atoms with Gasteiger partial charge < -0.3 is 19.1 Å². The Morgan fingerprint density at radius 1 is 0.974 bits per heavy atom. The smallest absolute Gasteiger partial charge is 0.316 e. The Morgan fingerprint density at radius 3 is 2.16 bits per heavy atom. The number of nitrogens with zero attached hydrogens (tertiary/aromatic N) is 2. The van der Waals surface area contributed by atoms with Gasteiger partial charge in [-0.3, -0.25) is 19.7 Å². The first-order valence-electron chi connectivity index (χ1n) is 12.4. The van der Waals surface area contributed by atoms with Crippen molar-refractivity contribution in [3.63, 3.8) is 0 Å². The number of anilines is 1. The summed E-state index contributed by atoms with van der Waals surface area (Å²) >= 11 is 0. The number of rotatable bonds is 3. The summed E-state index contributed by atoms with van der Waals surface area (Å²) in [5.74, 6) is -0.232. The average Bonchev–Trinajstić information content (AvgIpc) is 2.96. The molecule has 0 saturated carbocycles. The SMILES string of the molecule is CN1c2ccc(OC(=O)C(C)(C)C)cc2C(C)(C)[C@@]12C=Cc1cc([N+](=O)[O-])cc(OC(=O)C(C)(C)C)c1O2. The summed E-state index contributed by atoms with van der Waals surface area (Å²) in [6.07, 6.45) is 3.61. The van der Waals surface area contributed by atoms with Crippen molar-refractivity contribution in [3.8, 4) is 17.2 Å². The van der Waals surface area contributed by atoms with E-state index in [1.165, 1.54) is 12.1 Å². The van der Waals surface area contributed by atoms with Crippen LogP contribution in [0.2, 0.25) is 0 Å². The van der Waals surface area contributed by atoms with Crippen LogP contribution >= 0.6 is 0 Å². The molecule has 9 nitrogen and oxygen atoms in total. The molecule has 0 aromatic heterocycles. The van der Waals surface area contributed by atoms with Crippen molar-refractivity contribution in [2.24, 2.45) is 10.8 Å². The van der Waals surface area contributed by atoms with E-state index in [4.69, 9.17) is 14.2 Å². The third-order valence-corrected chi connectivity index (χ3v) is 7.06. The number of esters is 2. The molecule has 0 amide bonds. The van der Waals surface area contributed by atoms with Crippen molar-refractivity contribution >= 4 is 29.4 Å². The zero-order valence-electron chi connectivity index (χ0n) is 23.3. The highest BCUT2D eigenvalue weighted by molar-refractivity contribution is 5.82. The van der Waals surface area contributed by atoms with E-state index >= 15 is 0 Å².